The molecule has 1 aliphatic rings. The van der Waals surface area contributed by atoms with Gasteiger partial charge in [-0.25, -0.2) is 0 Å². The third kappa shape index (κ3) is 1.67. The first kappa shape index (κ1) is 7.48. The normalized spacial score (nSPS) is 24.7. The van der Waals surface area contributed by atoms with Gasteiger partial charge in [0.05, 0.1) is 6.61 Å². The van der Waals surface area contributed by atoms with E-state index in [1.165, 1.54) is 0 Å². The van der Waals surface area contributed by atoms with Crippen molar-refractivity contribution in [3.63, 3.8) is 0 Å². The minimum absolute atomic E-state index is 0.177. The van der Waals surface area contributed by atoms with Crippen LogP contribution in [-0.4, -0.2) is 18.5 Å². The summed E-state index contributed by atoms with van der Waals surface area (Å²) < 4.78 is 5.19. The predicted molar refractivity (Wildman–Crippen MR) is 38.8 cm³/mol. The highest BCUT2D eigenvalue weighted by molar-refractivity contribution is 5.84. The summed E-state index contributed by atoms with van der Waals surface area (Å²) in [6.07, 6.45) is 5.10. The fourth-order valence-electron chi connectivity index (χ4n) is 0.940. The van der Waals surface area contributed by atoms with E-state index in [1.54, 1.807) is 0 Å². The molecule has 1 atom stereocenters. The number of carbonyl (C=O) groups excluding carboxylic acids is 1. The summed E-state index contributed by atoms with van der Waals surface area (Å²) in [6.45, 7) is 2.54. The number of hydrogen-bond donors (Lipinski definition) is 0. The average molecular weight is 140 g/mol. The van der Waals surface area contributed by atoms with Crippen LogP contribution in [0, 0.1) is 0 Å². The molecule has 0 bridgehead atoms. The molecule has 0 fully saturated rings. The molecular formula is C8H12O2. The summed E-state index contributed by atoms with van der Waals surface area (Å²) in [5.41, 5.74) is 0. The topological polar surface area (TPSA) is 26.3 Å². The van der Waals surface area contributed by atoms with Crippen LogP contribution in [0.3, 0.4) is 0 Å². The molecule has 0 saturated carbocycles. The van der Waals surface area contributed by atoms with Crippen molar-refractivity contribution in [1.29, 1.82) is 0 Å². The Labute approximate surface area is 60.9 Å². The van der Waals surface area contributed by atoms with E-state index in [-0.39, 0.29) is 11.9 Å². The molecule has 2 nitrogen and oxygen atoms in total. The van der Waals surface area contributed by atoms with Crippen LogP contribution in [0.5, 0.6) is 0 Å². The first-order valence-corrected chi connectivity index (χ1v) is 3.65. The van der Waals surface area contributed by atoms with Crippen molar-refractivity contribution in [1.82, 2.24) is 0 Å². The van der Waals surface area contributed by atoms with Crippen molar-refractivity contribution in [2.45, 2.75) is 25.9 Å². The maximum absolute atomic E-state index is 11.0. The molecule has 0 amide bonds. The smallest absolute Gasteiger partial charge is 0.165 e. The first-order chi connectivity index (χ1) is 4.84. The van der Waals surface area contributed by atoms with Gasteiger partial charge in [-0.1, -0.05) is 19.1 Å². The van der Waals surface area contributed by atoms with E-state index in [1.807, 2.05) is 19.1 Å². The van der Waals surface area contributed by atoms with Gasteiger partial charge in [-0.05, 0) is 6.42 Å². The second-order valence-corrected chi connectivity index (χ2v) is 2.33. The summed E-state index contributed by atoms with van der Waals surface area (Å²) in [6, 6.07) is 0. The van der Waals surface area contributed by atoms with Crippen molar-refractivity contribution >= 4 is 5.78 Å². The molecule has 56 valence electrons. The SMILES string of the molecule is CCC(=O)C1C=CCCO1. The van der Waals surface area contributed by atoms with Crippen LogP contribution in [0.15, 0.2) is 12.2 Å². The lowest BCUT2D eigenvalue weighted by molar-refractivity contribution is -0.127. The number of Topliss-reactive ketones (excluding diaryl/α,β-unsaturated/α-hetero) is 1. The molecule has 1 rings (SSSR count). The van der Waals surface area contributed by atoms with Crippen molar-refractivity contribution in [2.75, 3.05) is 6.61 Å². The fourth-order valence-corrected chi connectivity index (χ4v) is 0.940. The van der Waals surface area contributed by atoms with Crippen LogP contribution in [-0.2, 0) is 9.53 Å². The van der Waals surface area contributed by atoms with Crippen LogP contribution in [0.2, 0.25) is 0 Å². The number of rotatable bonds is 2. The summed E-state index contributed by atoms with van der Waals surface area (Å²) in [7, 11) is 0. The Bertz CT molecular complexity index is 149. The van der Waals surface area contributed by atoms with E-state index in [9.17, 15) is 4.79 Å². The van der Waals surface area contributed by atoms with Gasteiger partial charge in [0.1, 0.15) is 6.10 Å². The van der Waals surface area contributed by atoms with Gasteiger partial charge in [0, 0.05) is 6.42 Å². The Morgan fingerprint density at radius 3 is 3.10 bits per heavy atom. The number of hydrogen-bond acceptors (Lipinski definition) is 2. The van der Waals surface area contributed by atoms with E-state index in [0.29, 0.717) is 13.0 Å². The summed E-state index contributed by atoms with van der Waals surface area (Å²) in [5, 5.41) is 0. The quantitative estimate of drug-likeness (QED) is 0.540. The van der Waals surface area contributed by atoms with Crippen LogP contribution in [0.4, 0.5) is 0 Å². The fraction of sp³-hybridized carbons (Fsp3) is 0.625. The largest absolute Gasteiger partial charge is 0.366 e. The van der Waals surface area contributed by atoms with Gasteiger partial charge in [0.15, 0.2) is 5.78 Å². The molecule has 0 aromatic rings. The molecule has 0 N–H and O–H groups in total. The second-order valence-electron chi connectivity index (χ2n) is 2.33. The summed E-state index contributed by atoms with van der Waals surface area (Å²) >= 11 is 0. The van der Waals surface area contributed by atoms with Gasteiger partial charge in [-0.2, -0.15) is 0 Å². The molecule has 10 heavy (non-hydrogen) atoms. The number of ether oxygens (including phenoxy) is 1. The lowest BCUT2D eigenvalue weighted by atomic mass is 10.1. The standard InChI is InChI=1S/C8H12O2/c1-2-7(9)8-5-3-4-6-10-8/h3,5,8H,2,4,6H2,1H3. The zero-order valence-corrected chi connectivity index (χ0v) is 6.17. The third-order valence-electron chi connectivity index (χ3n) is 1.56. The van der Waals surface area contributed by atoms with Crippen molar-refractivity contribution < 1.29 is 9.53 Å². The zero-order valence-electron chi connectivity index (χ0n) is 6.17. The molecule has 0 aromatic carbocycles. The van der Waals surface area contributed by atoms with E-state index in [0.717, 1.165) is 6.42 Å². The first-order valence-electron chi connectivity index (χ1n) is 3.65. The monoisotopic (exact) mass is 140 g/mol. The lowest BCUT2D eigenvalue weighted by Gasteiger charge is -2.14. The lowest BCUT2D eigenvalue weighted by Crippen LogP contribution is -2.23. The maximum atomic E-state index is 11.0. The van der Waals surface area contributed by atoms with Crippen molar-refractivity contribution in [3.8, 4) is 0 Å². The number of carbonyl (C=O) groups is 1. The van der Waals surface area contributed by atoms with Gasteiger partial charge in [0.2, 0.25) is 0 Å². The zero-order chi connectivity index (χ0) is 7.40. The van der Waals surface area contributed by atoms with Gasteiger partial charge >= 0.3 is 0 Å². The molecule has 1 heterocycles. The highest BCUT2D eigenvalue weighted by atomic mass is 16.5. The van der Waals surface area contributed by atoms with Crippen LogP contribution in [0.25, 0.3) is 0 Å². The Morgan fingerprint density at radius 1 is 1.80 bits per heavy atom. The minimum atomic E-state index is -0.251. The molecule has 0 spiro atoms. The Hall–Kier alpha value is -0.630. The third-order valence-corrected chi connectivity index (χ3v) is 1.56. The molecule has 0 radical (unpaired) electrons. The highest BCUT2D eigenvalue weighted by Crippen LogP contribution is 2.06. The van der Waals surface area contributed by atoms with E-state index >= 15 is 0 Å². The molecular weight excluding hydrogens is 128 g/mol. The summed E-state index contributed by atoms with van der Waals surface area (Å²) in [4.78, 5) is 11.0. The molecule has 0 saturated heterocycles. The van der Waals surface area contributed by atoms with Crippen LogP contribution >= 0.6 is 0 Å². The van der Waals surface area contributed by atoms with Crippen LogP contribution in [0.1, 0.15) is 19.8 Å². The highest BCUT2D eigenvalue weighted by Gasteiger charge is 2.14. The molecule has 0 aromatic heterocycles. The van der Waals surface area contributed by atoms with Crippen LogP contribution < -0.4 is 0 Å². The molecule has 0 aliphatic carbocycles. The predicted octanol–water partition coefficient (Wildman–Crippen LogP) is 1.31. The maximum Gasteiger partial charge on any atom is 0.165 e. The summed E-state index contributed by atoms with van der Waals surface area (Å²) in [5.74, 6) is 0.177. The van der Waals surface area contributed by atoms with Gasteiger partial charge in [0.25, 0.3) is 0 Å². The minimum Gasteiger partial charge on any atom is -0.366 e. The molecule has 1 aliphatic heterocycles. The van der Waals surface area contributed by atoms with Crippen molar-refractivity contribution in [3.05, 3.63) is 12.2 Å². The Morgan fingerprint density at radius 2 is 2.60 bits per heavy atom. The van der Waals surface area contributed by atoms with E-state index < -0.39 is 0 Å². The average Bonchev–Trinajstić information content (AvgIpc) is 2.05. The van der Waals surface area contributed by atoms with E-state index in [2.05, 4.69) is 0 Å². The number of ketones is 1. The van der Waals surface area contributed by atoms with Gasteiger partial charge in [-0.15, -0.1) is 0 Å². The van der Waals surface area contributed by atoms with Crippen molar-refractivity contribution in [2.24, 2.45) is 0 Å². The molecule has 2 heteroatoms. The second kappa shape index (κ2) is 3.52. The van der Waals surface area contributed by atoms with E-state index in [4.69, 9.17) is 4.74 Å². The Kier molecular flexibility index (Phi) is 2.63. The molecule has 1 unspecified atom stereocenters. The van der Waals surface area contributed by atoms with Gasteiger partial charge in [-0.3, -0.25) is 4.79 Å². The Balaban J connectivity index is 2.46. The van der Waals surface area contributed by atoms with Gasteiger partial charge < -0.3 is 4.74 Å².